The molecule has 3 unspecified atom stereocenters. The summed E-state index contributed by atoms with van der Waals surface area (Å²) in [6, 6.07) is 6.40. The highest BCUT2D eigenvalue weighted by atomic mass is 19.1. The molecule has 18 heavy (non-hydrogen) atoms. The Morgan fingerprint density at radius 3 is 2.72 bits per heavy atom. The van der Waals surface area contributed by atoms with Crippen LogP contribution in [0, 0.1) is 17.7 Å². The molecule has 2 fully saturated rings. The van der Waals surface area contributed by atoms with E-state index in [-0.39, 0.29) is 5.82 Å². The summed E-state index contributed by atoms with van der Waals surface area (Å²) in [4.78, 5) is 2.30. The fraction of sp³-hybridized carbons (Fsp3) is 0.600. The number of benzene rings is 1. The smallest absolute Gasteiger partial charge is 0.123 e. The molecule has 1 aromatic carbocycles. The summed E-state index contributed by atoms with van der Waals surface area (Å²) < 4.78 is 13.0. The van der Waals surface area contributed by atoms with Crippen molar-refractivity contribution in [2.45, 2.75) is 24.9 Å². The molecule has 1 saturated carbocycles. The van der Waals surface area contributed by atoms with Gasteiger partial charge in [0.2, 0.25) is 0 Å². The number of hydrogen-bond donors (Lipinski definition) is 1. The Hall–Kier alpha value is -0.930. The van der Waals surface area contributed by atoms with E-state index >= 15 is 0 Å². The minimum atomic E-state index is -0.763. The Morgan fingerprint density at radius 1 is 1.28 bits per heavy atom. The van der Waals surface area contributed by atoms with Gasteiger partial charge in [-0.2, -0.15) is 0 Å². The average Bonchev–Trinajstić information content (AvgIpc) is 2.72. The summed E-state index contributed by atoms with van der Waals surface area (Å²) in [5.74, 6) is 0.638. The summed E-state index contributed by atoms with van der Waals surface area (Å²) >= 11 is 0. The molecular formula is C15H20FNO. The number of fused-ring (bicyclic) bond motifs is 1. The molecule has 1 aromatic rings. The molecule has 3 rings (SSSR count). The van der Waals surface area contributed by atoms with Crippen LogP contribution in [0.5, 0.6) is 0 Å². The van der Waals surface area contributed by atoms with Crippen LogP contribution in [0.4, 0.5) is 4.39 Å². The SMILES string of the molecule is CN1CC2CCCC(O)(c3ccc(F)cc3)C2C1. The van der Waals surface area contributed by atoms with E-state index in [1.807, 2.05) is 0 Å². The number of halogens is 1. The Kier molecular flexibility index (Phi) is 2.91. The van der Waals surface area contributed by atoms with Gasteiger partial charge in [-0.05, 0) is 49.9 Å². The van der Waals surface area contributed by atoms with Crippen LogP contribution in [0.2, 0.25) is 0 Å². The maximum Gasteiger partial charge on any atom is 0.123 e. The van der Waals surface area contributed by atoms with Gasteiger partial charge in [-0.1, -0.05) is 12.1 Å². The van der Waals surface area contributed by atoms with Crippen molar-refractivity contribution < 1.29 is 9.50 Å². The van der Waals surface area contributed by atoms with Crippen LogP contribution in [0.15, 0.2) is 24.3 Å². The first-order valence-electron chi connectivity index (χ1n) is 6.76. The van der Waals surface area contributed by atoms with Crippen LogP contribution in [-0.2, 0) is 5.60 Å². The van der Waals surface area contributed by atoms with E-state index in [9.17, 15) is 9.50 Å². The molecule has 0 amide bonds. The molecule has 0 aromatic heterocycles. The Labute approximate surface area is 107 Å². The van der Waals surface area contributed by atoms with Gasteiger partial charge < -0.3 is 10.0 Å². The van der Waals surface area contributed by atoms with Crippen molar-refractivity contribution in [1.29, 1.82) is 0 Å². The monoisotopic (exact) mass is 249 g/mol. The van der Waals surface area contributed by atoms with Crippen molar-refractivity contribution in [2.24, 2.45) is 11.8 Å². The Balaban J connectivity index is 1.94. The summed E-state index contributed by atoms with van der Waals surface area (Å²) in [6.45, 7) is 2.02. The van der Waals surface area contributed by atoms with Crippen LogP contribution >= 0.6 is 0 Å². The molecule has 1 N–H and O–H groups in total. The van der Waals surface area contributed by atoms with Gasteiger partial charge in [-0.25, -0.2) is 4.39 Å². The summed E-state index contributed by atoms with van der Waals surface area (Å²) in [5, 5.41) is 11.1. The second kappa shape index (κ2) is 4.32. The highest BCUT2D eigenvalue weighted by Crippen LogP contribution is 2.47. The lowest BCUT2D eigenvalue weighted by molar-refractivity contribution is -0.0645. The molecule has 1 aliphatic carbocycles. The summed E-state index contributed by atoms with van der Waals surface area (Å²) in [7, 11) is 2.11. The van der Waals surface area contributed by atoms with Gasteiger partial charge in [-0.15, -0.1) is 0 Å². The van der Waals surface area contributed by atoms with E-state index in [1.165, 1.54) is 18.6 Å². The predicted molar refractivity (Wildman–Crippen MR) is 68.6 cm³/mol. The lowest BCUT2D eigenvalue weighted by Crippen LogP contribution is -2.42. The fourth-order valence-corrected chi connectivity index (χ4v) is 3.84. The normalized spacial score (nSPS) is 36.6. The molecule has 2 nitrogen and oxygen atoms in total. The molecule has 0 bridgehead atoms. The predicted octanol–water partition coefficient (Wildman–Crippen LogP) is 2.38. The second-order valence-corrected chi connectivity index (χ2v) is 5.91. The van der Waals surface area contributed by atoms with Gasteiger partial charge in [0.25, 0.3) is 0 Å². The molecule has 3 heteroatoms. The van der Waals surface area contributed by atoms with Gasteiger partial charge in [0, 0.05) is 19.0 Å². The van der Waals surface area contributed by atoms with Crippen LogP contribution in [0.3, 0.4) is 0 Å². The molecule has 1 saturated heterocycles. The molecule has 0 radical (unpaired) electrons. The number of likely N-dealkylation sites (tertiary alicyclic amines) is 1. The van der Waals surface area contributed by atoms with Crippen molar-refractivity contribution in [3.63, 3.8) is 0 Å². The van der Waals surface area contributed by atoms with Crippen LogP contribution in [0.25, 0.3) is 0 Å². The quantitative estimate of drug-likeness (QED) is 0.826. The minimum absolute atomic E-state index is 0.238. The minimum Gasteiger partial charge on any atom is -0.385 e. The van der Waals surface area contributed by atoms with Crippen molar-refractivity contribution in [1.82, 2.24) is 4.90 Å². The number of aliphatic hydroxyl groups is 1. The van der Waals surface area contributed by atoms with Crippen LogP contribution in [-0.4, -0.2) is 30.1 Å². The van der Waals surface area contributed by atoms with Crippen LogP contribution in [0.1, 0.15) is 24.8 Å². The zero-order valence-electron chi connectivity index (χ0n) is 10.8. The molecule has 3 atom stereocenters. The number of hydrogen-bond acceptors (Lipinski definition) is 2. The first-order chi connectivity index (χ1) is 8.59. The van der Waals surface area contributed by atoms with Crippen molar-refractivity contribution in [3.8, 4) is 0 Å². The standard InChI is InChI=1S/C15H20FNO/c1-17-9-11-3-2-8-15(18,14(11)10-17)12-4-6-13(16)7-5-12/h4-7,11,14,18H,2-3,8-10H2,1H3. The number of rotatable bonds is 1. The van der Waals surface area contributed by atoms with Gasteiger partial charge in [-0.3, -0.25) is 0 Å². The Morgan fingerprint density at radius 2 is 2.00 bits per heavy atom. The second-order valence-electron chi connectivity index (χ2n) is 5.91. The van der Waals surface area contributed by atoms with Crippen molar-refractivity contribution >= 4 is 0 Å². The molecule has 2 aliphatic rings. The zero-order valence-corrected chi connectivity index (χ0v) is 10.8. The molecule has 1 heterocycles. The highest BCUT2D eigenvalue weighted by molar-refractivity contribution is 5.26. The third-order valence-electron chi connectivity index (χ3n) is 4.71. The van der Waals surface area contributed by atoms with Gasteiger partial charge in [0.1, 0.15) is 5.82 Å². The topological polar surface area (TPSA) is 23.5 Å². The van der Waals surface area contributed by atoms with E-state index in [0.29, 0.717) is 11.8 Å². The van der Waals surface area contributed by atoms with E-state index in [0.717, 1.165) is 31.5 Å². The number of nitrogens with zero attached hydrogens (tertiary/aromatic N) is 1. The van der Waals surface area contributed by atoms with Gasteiger partial charge >= 0.3 is 0 Å². The summed E-state index contributed by atoms with van der Waals surface area (Å²) in [6.07, 6.45) is 3.06. The first kappa shape index (κ1) is 12.1. The van der Waals surface area contributed by atoms with Gasteiger partial charge in [0.05, 0.1) is 5.60 Å². The average molecular weight is 249 g/mol. The fourth-order valence-electron chi connectivity index (χ4n) is 3.84. The lowest BCUT2D eigenvalue weighted by atomic mass is 9.67. The largest absolute Gasteiger partial charge is 0.385 e. The molecule has 0 spiro atoms. The third-order valence-corrected chi connectivity index (χ3v) is 4.71. The molecule has 1 aliphatic heterocycles. The van der Waals surface area contributed by atoms with E-state index in [2.05, 4.69) is 11.9 Å². The zero-order chi connectivity index (χ0) is 12.8. The Bertz CT molecular complexity index is 433. The maximum atomic E-state index is 13.0. The molecular weight excluding hydrogens is 229 g/mol. The lowest BCUT2D eigenvalue weighted by Gasteiger charge is -2.41. The van der Waals surface area contributed by atoms with E-state index < -0.39 is 5.60 Å². The van der Waals surface area contributed by atoms with Crippen molar-refractivity contribution in [3.05, 3.63) is 35.6 Å². The van der Waals surface area contributed by atoms with Gasteiger partial charge in [0.15, 0.2) is 0 Å². The maximum absolute atomic E-state index is 13.0. The molecule has 98 valence electrons. The van der Waals surface area contributed by atoms with E-state index in [1.54, 1.807) is 12.1 Å². The third kappa shape index (κ3) is 1.86. The highest BCUT2D eigenvalue weighted by Gasteiger charge is 2.48. The van der Waals surface area contributed by atoms with Crippen LogP contribution < -0.4 is 0 Å². The van der Waals surface area contributed by atoms with Crippen molar-refractivity contribution in [2.75, 3.05) is 20.1 Å². The summed E-state index contributed by atoms with van der Waals surface area (Å²) in [5.41, 5.74) is 0.121. The van der Waals surface area contributed by atoms with E-state index in [4.69, 9.17) is 0 Å². The first-order valence-corrected chi connectivity index (χ1v) is 6.76.